The van der Waals surface area contributed by atoms with Gasteiger partial charge in [0.2, 0.25) is 0 Å². The average Bonchev–Trinajstić information content (AvgIpc) is 2.71. The van der Waals surface area contributed by atoms with Gasteiger partial charge in [0.05, 0.1) is 13.2 Å². The fourth-order valence-electron chi connectivity index (χ4n) is 1.32. The first-order valence-corrected chi connectivity index (χ1v) is 4.81. The van der Waals surface area contributed by atoms with Crippen molar-refractivity contribution in [1.82, 2.24) is 4.98 Å². The summed E-state index contributed by atoms with van der Waals surface area (Å²) in [6.07, 6.45) is 1.87. The number of morpholine rings is 1. The Morgan fingerprint density at radius 3 is 3.23 bits per heavy atom. The lowest BCUT2D eigenvalue weighted by Crippen LogP contribution is -2.39. The number of aromatic nitrogens is 1. The van der Waals surface area contributed by atoms with Crippen LogP contribution >= 0.6 is 0 Å². The lowest BCUT2D eigenvalue weighted by molar-refractivity contribution is 0.294. The van der Waals surface area contributed by atoms with Crippen molar-refractivity contribution in [2.45, 2.75) is 0 Å². The second kappa shape index (κ2) is 3.76. The largest absolute Gasteiger partial charge is 0.348 e. The topological polar surface area (TPSA) is 45.3 Å². The predicted molar refractivity (Wildman–Crippen MR) is 52.1 cm³/mol. The molecular formula is C8H10N2O2S. The third kappa shape index (κ3) is 1.81. The molecule has 0 unspecified atom stereocenters. The average molecular weight is 198 g/mol. The second-order valence-corrected chi connectivity index (χ2v) is 3.40. The highest BCUT2D eigenvalue weighted by Gasteiger charge is 2.16. The van der Waals surface area contributed by atoms with Gasteiger partial charge in [-0.2, -0.15) is 0 Å². The molecule has 13 heavy (non-hydrogen) atoms. The molecule has 1 aromatic heterocycles. The van der Waals surface area contributed by atoms with Gasteiger partial charge < -0.3 is 14.6 Å². The summed E-state index contributed by atoms with van der Waals surface area (Å²) in [5, 5.41) is 0.542. The van der Waals surface area contributed by atoms with Gasteiger partial charge in [0.15, 0.2) is 5.05 Å². The van der Waals surface area contributed by atoms with Gasteiger partial charge in [-0.3, -0.25) is 0 Å². The van der Waals surface area contributed by atoms with Gasteiger partial charge in [-0.05, 0) is 12.1 Å². The van der Waals surface area contributed by atoms with Gasteiger partial charge in [0, 0.05) is 12.7 Å². The highest BCUT2D eigenvalue weighted by molar-refractivity contribution is 7.66. The van der Waals surface area contributed by atoms with Gasteiger partial charge in [0.1, 0.15) is 17.1 Å². The summed E-state index contributed by atoms with van der Waals surface area (Å²) in [6, 6.07) is 3.92. The monoisotopic (exact) mass is 198 g/mol. The predicted octanol–water partition coefficient (Wildman–Crippen LogP) is 0.194. The van der Waals surface area contributed by atoms with Crippen LogP contribution < -0.4 is 4.90 Å². The van der Waals surface area contributed by atoms with Gasteiger partial charge in [-0.1, -0.05) is 0 Å². The number of nitrogens with one attached hydrogen (secondary N) is 1. The maximum absolute atomic E-state index is 10.5. The first-order valence-electron chi connectivity index (χ1n) is 4.07. The Morgan fingerprint density at radius 2 is 2.54 bits per heavy atom. The van der Waals surface area contributed by atoms with Crippen LogP contribution in [0.1, 0.15) is 0 Å². The second-order valence-electron chi connectivity index (χ2n) is 2.78. The Hall–Kier alpha value is -1.07. The molecule has 2 heterocycles. The van der Waals surface area contributed by atoms with Crippen LogP contribution in [-0.4, -0.2) is 33.9 Å². The molecule has 0 aromatic carbocycles. The maximum Gasteiger partial charge on any atom is 0.165 e. The smallest absolute Gasteiger partial charge is 0.165 e. The third-order valence-electron chi connectivity index (χ3n) is 1.96. The van der Waals surface area contributed by atoms with Crippen LogP contribution in [0.2, 0.25) is 0 Å². The minimum atomic E-state index is 0.436. The molecule has 1 aliphatic heterocycles. The van der Waals surface area contributed by atoms with E-state index in [0.29, 0.717) is 29.5 Å². The highest BCUT2D eigenvalue weighted by Crippen LogP contribution is 2.11. The van der Waals surface area contributed by atoms with Crippen molar-refractivity contribution < 1.29 is 8.95 Å². The maximum atomic E-state index is 10.5. The molecule has 1 fully saturated rings. The molecule has 70 valence electrons. The fraction of sp³-hybridized carbons (Fsp3) is 0.375. The van der Waals surface area contributed by atoms with Crippen molar-refractivity contribution in [3.8, 4) is 0 Å². The third-order valence-corrected chi connectivity index (χ3v) is 2.39. The first-order chi connectivity index (χ1) is 6.40. The van der Waals surface area contributed by atoms with Crippen molar-refractivity contribution in [3.05, 3.63) is 18.3 Å². The van der Waals surface area contributed by atoms with Crippen LogP contribution in [0, 0.1) is 0 Å². The summed E-state index contributed by atoms with van der Waals surface area (Å²) in [5.74, 6) is 1.04. The van der Waals surface area contributed by atoms with E-state index in [1.54, 1.807) is 0 Å². The molecule has 2 rings (SSSR count). The van der Waals surface area contributed by atoms with Gasteiger partial charge >= 0.3 is 0 Å². The molecule has 1 aromatic rings. The number of aromatic amines is 1. The Labute approximate surface area is 79.6 Å². The molecule has 0 radical (unpaired) electrons. The Balaban J connectivity index is 2.13. The molecule has 0 bridgehead atoms. The van der Waals surface area contributed by atoms with E-state index < -0.39 is 0 Å². The van der Waals surface area contributed by atoms with Crippen LogP contribution in [0.3, 0.4) is 0 Å². The van der Waals surface area contributed by atoms with Crippen molar-refractivity contribution in [2.75, 3.05) is 24.6 Å². The number of H-pyrrole nitrogens is 1. The molecule has 1 N–H and O–H groups in total. The number of nitrogens with zero attached hydrogens (tertiary/aromatic N) is 1. The molecule has 0 saturated carbocycles. The zero-order valence-electron chi connectivity index (χ0n) is 7.03. The summed E-state index contributed by atoms with van der Waals surface area (Å²) in [4.78, 5) is 5.18. The van der Waals surface area contributed by atoms with Gasteiger partial charge in [-0.25, -0.2) is 4.21 Å². The van der Waals surface area contributed by atoms with E-state index in [1.165, 1.54) is 0 Å². The fourth-order valence-corrected chi connectivity index (χ4v) is 1.66. The quantitative estimate of drug-likeness (QED) is 0.655. The summed E-state index contributed by atoms with van der Waals surface area (Å²) < 4.78 is 15.7. The number of rotatable bonds is 1. The van der Waals surface area contributed by atoms with Crippen LogP contribution in [-0.2, 0) is 16.0 Å². The van der Waals surface area contributed by atoms with E-state index >= 15 is 0 Å². The molecule has 0 atom stereocenters. The van der Waals surface area contributed by atoms with Gasteiger partial charge in [0.25, 0.3) is 0 Å². The summed E-state index contributed by atoms with van der Waals surface area (Å²) >= 11 is 0.436. The Bertz CT molecular complexity index is 330. The summed E-state index contributed by atoms with van der Waals surface area (Å²) in [6.45, 7) is 1.99. The Morgan fingerprint density at radius 1 is 1.62 bits per heavy atom. The molecule has 1 saturated heterocycles. The van der Waals surface area contributed by atoms with Crippen molar-refractivity contribution in [3.63, 3.8) is 0 Å². The van der Waals surface area contributed by atoms with Crippen LogP contribution in [0.4, 0.5) is 5.82 Å². The number of hydrogen-bond acceptors (Lipinski definition) is 3. The summed E-state index contributed by atoms with van der Waals surface area (Å²) in [7, 11) is 0. The number of anilines is 1. The lowest BCUT2D eigenvalue weighted by atomic mass is 10.4. The standard InChI is InChI=1S/C8H10N2O2S/c11-13-8-6-10(4-5-12-8)7-2-1-3-9-7/h1-3,9H,4-6H2. The molecular weight excluding hydrogens is 188 g/mol. The molecule has 4 nitrogen and oxygen atoms in total. The minimum absolute atomic E-state index is 0.436. The van der Waals surface area contributed by atoms with Crippen LogP contribution in [0.15, 0.2) is 18.3 Å². The highest BCUT2D eigenvalue weighted by atomic mass is 32.1. The van der Waals surface area contributed by atoms with Crippen molar-refractivity contribution in [1.29, 1.82) is 0 Å². The summed E-state index contributed by atoms with van der Waals surface area (Å²) in [5.41, 5.74) is 0. The SMILES string of the molecule is O=S=C1CN(c2ccc[nH]2)CCO1. The molecule has 0 amide bonds. The number of ether oxygens (including phenoxy) is 1. The molecule has 0 aliphatic carbocycles. The van der Waals surface area contributed by atoms with E-state index in [-0.39, 0.29) is 0 Å². The molecule has 0 spiro atoms. The minimum Gasteiger partial charge on any atom is -0.348 e. The van der Waals surface area contributed by atoms with E-state index in [2.05, 4.69) is 9.88 Å². The van der Waals surface area contributed by atoms with Crippen molar-refractivity contribution in [2.24, 2.45) is 0 Å². The molecule has 1 aliphatic rings. The zero-order valence-corrected chi connectivity index (χ0v) is 7.84. The number of hydrogen-bond donors (Lipinski definition) is 1. The van der Waals surface area contributed by atoms with Crippen molar-refractivity contribution >= 4 is 22.1 Å². The first kappa shape index (κ1) is 8.52. The lowest BCUT2D eigenvalue weighted by Gasteiger charge is -2.27. The van der Waals surface area contributed by atoms with Gasteiger partial charge in [-0.15, -0.1) is 0 Å². The van der Waals surface area contributed by atoms with Crippen LogP contribution in [0.5, 0.6) is 0 Å². The Kier molecular flexibility index (Phi) is 2.47. The zero-order chi connectivity index (χ0) is 9.10. The van der Waals surface area contributed by atoms with E-state index in [9.17, 15) is 4.21 Å². The van der Waals surface area contributed by atoms with E-state index in [1.807, 2.05) is 18.3 Å². The van der Waals surface area contributed by atoms with Crippen LogP contribution in [0.25, 0.3) is 0 Å². The van der Waals surface area contributed by atoms with E-state index in [4.69, 9.17) is 4.74 Å². The molecule has 5 heteroatoms. The van der Waals surface area contributed by atoms with E-state index in [0.717, 1.165) is 12.4 Å². The normalized spacial score (nSPS) is 17.5.